The van der Waals surface area contributed by atoms with Crippen LogP contribution in [0.5, 0.6) is 0 Å². The maximum Gasteiger partial charge on any atom is 0.307 e. The molecule has 1 aromatic heterocycles. The number of thiazole rings is 1. The zero-order valence-corrected chi connectivity index (χ0v) is 9.89. The van der Waals surface area contributed by atoms with E-state index in [0.29, 0.717) is 6.54 Å². The molecule has 1 atom stereocenters. The second-order valence-electron chi connectivity index (χ2n) is 4.64. The standard InChI is InChI=1S/C10H17NO2S/c1-7-6-14-9(13)11(7)5-8(12)10(2,3)4/h6,8,12H,5H2,1-4H3. The summed E-state index contributed by atoms with van der Waals surface area (Å²) in [6.07, 6.45) is -0.492. The molecule has 4 heteroatoms. The topological polar surface area (TPSA) is 42.2 Å². The smallest absolute Gasteiger partial charge is 0.307 e. The molecule has 0 amide bonds. The van der Waals surface area contributed by atoms with Crippen LogP contribution in [0.4, 0.5) is 0 Å². The van der Waals surface area contributed by atoms with E-state index >= 15 is 0 Å². The Morgan fingerprint density at radius 3 is 2.50 bits per heavy atom. The van der Waals surface area contributed by atoms with Crippen molar-refractivity contribution in [2.45, 2.75) is 40.3 Å². The Kier molecular flexibility index (Phi) is 3.17. The quantitative estimate of drug-likeness (QED) is 0.814. The van der Waals surface area contributed by atoms with Gasteiger partial charge in [-0.15, -0.1) is 0 Å². The van der Waals surface area contributed by atoms with Gasteiger partial charge in [0.25, 0.3) is 0 Å². The predicted octanol–water partition coefficient (Wildman–Crippen LogP) is 1.63. The second kappa shape index (κ2) is 3.87. The van der Waals surface area contributed by atoms with Crippen LogP contribution in [0, 0.1) is 12.3 Å². The molecule has 0 fully saturated rings. The fraction of sp³-hybridized carbons (Fsp3) is 0.700. The maximum atomic E-state index is 11.4. The third kappa shape index (κ3) is 2.45. The fourth-order valence-corrected chi connectivity index (χ4v) is 1.82. The van der Waals surface area contributed by atoms with Gasteiger partial charge in [0.05, 0.1) is 12.6 Å². The first kappa shape index (κ1) is 11.5. The number of aliphatic hydroxyl groups excluding tert-OH is 1. The van der Waals surface area contributed by atoms with E-state index in [9.17, 15) is 9.90 Å². The van der Waals surface area contributed by atoms with Gasteiger partial charge in [0.2, 0.25) is 0 Å². The molecule has 0 aromatic carbocycles. The summed E-state index contributed by atoms with van der Waals surface area (Å²) in [7, 11) is 0. The molecule has 0 radical (unpaired) electrons. The molecule has 1 unspecified atom stereocenters. The molecule has 1 aromatic rings. The minimum atomic E-state index is -0.492. The second-order valence-corrected chi connectivity index (χ2v) is 5.46. The Morgan fingerprint density at radius 1 is 1.57 bits per heavy atom. The number of nitrogens with zero attached hydrogens (tertiary/aromatic N) is 1. The largest absolute Gasteiger partial charge is 0.391 e. The number of aliphatic hydroxyl groups is 1. The van der Waals surface area contributed by atoms with Crippen LogP contribution in [0.15, 0.2) is 10.2 Å². The minimum absolute atomic E-state index is 0.00537. The van der Waals surface area contributed by atoms with Gasteiger partial charge < -0.3 is 9.67 Å². The summed E-state index contributed by atoms with van der Waals surface area (Å²) in [4.78, 5) is 11.4. The third-order valence-corrected chi connectivity index (χ3v) is 3.21. The van der Waals surface area contributed by atoms with Crippen LogP contribution in [0.25, 0.3) is 0 Å². The zero-order chi connectivity index (χ0) is 10.9. The van der Waals surface area contributed by atoms with Crippen molar-refractivity contribution in [1.29, 1.82) is 0 Å². The maximum absolute atomic E-state index is 11.4. The highest BCUT2D eigenvalue weighted by molar-refractivity contribution is 7.07. The Hall–Kier alpha value is -0.610. The average Bonchev–Trinajstić information content (AvgIpc) is 2.34. The van der Waals surface area contributed by atoms with E-state index in [4.69, 9.17) is 0 Å². The minimum Gasteiger partial charge on any atom is -0.391 e. The molecule has 0 spiro atoms. The van der Waals surface area contributed by atoms with Crippen molar-refractivity contribution in [2.24, 2.45) is 5.41 Å². The first-order chi connectivity index (χ1) is 6.32. The average molecular weight is 215 g/mol. The molecule has 0 aliphatic heterocycles. The predicted molar refractivity (Wildman–Crippen MR) is 58.8 cm³/mol. The van der Waals surface area contributed by atoms with Gasteiger partial charge in [-0.2, -0.15) is 0 Å². The Balaban J connectivity index is 2.85. The van der Waals surface area contributed by atoms with Gasteiger partial charge in [0.1, 0.15) is 0 Å². The fourth-order valence-electron chi connectivity index (χ4n) is 1.07. The van der Waals surface area contributed by atoms with Crippen LogP contribution in [0.2, 0.25) is 0 Å². The Labute approximate surface area is 88.0 Å². The number of rotatable bonds is 2. The summed E-state index contributed by atoms with van der Waals surface area (Å²) in [6, 6.07) is 0. The molecule has 3 nitrogen and oxygen atoms in total. The van der Waals surface area contributed by atoms with Crippen molar-refractivity contribution < 1.29 is 5.11 Å². The van der Waals surface area contributed by atoms with Crippen molar-refractivity contribution in [3.63, 3.8) is 0 Å². The molecule has 0 saturated heterocycles. The molecule has 0 saturated carbocycles. The van der Waals surface area contributed by atoms with E-state index in [2.05, 4.69) is 0 Å². The molecule has 14 heavy (non-hydrogen) atoms. The summed E-state index contributed by atoms with van der Waals surface area (Å²) in [5.74, 6) is 0. The third-order valence-electron chi connectivity index (χ3n) is 2.33. The van der Waals surface area contributed by atoms with E-state index < -0.39 is 6.10 Å². The number of hydrogen-bond acceptors (Lipinski definition) is 3. The lowest BCUT2D eigenvalue weighted by atomic mass is 9.89. The first-order valence-electron chi connectivity index (χ1n) is 4.65. The van der Waals surface area contributed by atoms with E-state index in [1.165, 1.54) is 11.3 Å². The highest BCUT2D eigenvalue weighted by atomic mass is 32.1. The van der Waals surface area contributed by atoms with E-state index in [1.54, 1.807) is 4.57 Å². The lowest BCUT2D eigenvalue weighted by Gasteiger charge is -2.26. The number of aromatic nitrogens is 1. The molecule has 0 aliphatic carbocycles. The van der Waals surface area contributed by atoms with Crippen LogP contribution in [0.3, 0.4) is 0 Å². The lowest BCUT2D eigenvalue weighted by Crippen LogP contribution is -2.33. The molecule has 0 bridgehead atoms. The van der Waals surface area contributed by atoms with Crippen molar-refractivity contribution in [3.05, 3.63) is 20.7 Å². The highest BCUT2D eigenvalue weighted by Crippen LogP contribution is 2.20. The van der Waals surface area contributed by atoms with Gasteiger partial charge in [-0.05, 0) is 12.3 Å². The van der Waals surface area contributed by atoms with Crippen LogP contribution in [0.1, 0.15) is 26.5 Å². The lowest BCUT2D eigenvalue weighted by molar-refractivity contribution is 0.0472. The van der Waals surface area contributed by atoms with Crippen LogP contribution < -0.4 is 4.87 Å². The SMILES string of the molecule is Cc1csc(=O)n1CC(O)C(C)(C)C. The van der Waals surface area contributed by atoms with Gasteiger partial charge in [0, 0.05) is 11.1 Å². The van der Waals surface area contributed by atoms with Gasteiger partial charge in [-0.3, -0.25) is 4.79 Å². The normalized spacial score (nSPS) is 14.4. The number of hydrogen-bond donors (Lipinski definition) is 1. The van der Waals surface area contributed by atoms with Crippen LogP contribution in [-0.2, 0) is 6.54 Å². The summed E-state index contributed by atoms with van der Waals surface area (Å²) in [5, 5.41) is 11.7. The van der Waals surface area contributed by atoms with Crippen molar-refractivity contribution in [3.8, 4) is 0 Å². The van der Waals surface area contributed by atoms with Crippen molar-refractivity contribution >= 4 is 11.3 Å². The monoisotopic (exact) mass is 215 g/mol. The zero-order valence-electron chi connectivity index (χ0n) is 9.07. The molecular weight excluding hydrogens is 198 g/mol. The van der Waals surface area contributed by atoms with Crippen molar-refractivity contribution in [1.82, 2.24) is 4.57 Å². The summed E-state index contributed by atoms with van der Waals surface area (Å²) < 4.78 is 1.63. The van der Waals surface area contributed by atoms with Gasteiger partial charge in [-0.1, -0.05) is 32.1 Å². The Bertz CT molecular complexity index is 359. The molecule has 0 aliphatic rings. The summed E-state index contributed by atoms with van der Waals surface area (Å²) >= 11 is 1.18. The molecule has 1 N–H and O–H groups in total. The Morgan fingerprint density at radius 2 is 2.14 bits per heavy atom. The molecule has 1 heterocycles. The van der Waals surface area contributed by atoms with Crippen LogP contribution in [-0.4, -0.2) is 15.8 Å². The van der Waals surface area contributed by atoms with Crippen LogP contribution >= 0.6 is 11.3 Å². The number of aryl methyl sites for hydroxylation is 1. The molecule has 1 rings (SSSR count). The summed E-state index contributed by atoms with van der Waals surface area (Å²) in [6.45, 7) is 8.16. The van der Waals surface area contributed by atoms with Crippen molar-refractivity contribution in [2.75, 3.05) is 0 Å². The van der Waals surface area contributed by atoms with E-state index in [0.717, 1.165) is 5.69 Å². The summed E-state index contributed by atoms with van der Waals surface area (Å²) in [5.41, 5.74) is 0.733. The van der Waals surface area contributed by atoms with E-state index in [-0.39, 0.29) is 10.3 Å². The first-order valence-corrected chi connectivity index (χ1v) is 5.53. The highest BCUT2D eigenvalue weighted by Gasteiger charge is 2.23. The van der Waals surface area contributed by atoms with Gasteiger partial charge >= 0.3 is 4.87 Å². The van der Waals surface area contributed by atoms with E-state index in [1.807, 2.05) is 33.1 Å². The molecular formula is C10H17NO2S. The molecule has 80 valence electrons. The van der Waals surface area contributed by atoms with Gasteiger partial charge in [0.15, 0.2) is 0 Å². The van der Waals surface area contributed by atoms with Gasteiger partial charge in [-0.25, -0.2) is 0 Å².